The third-order valence-electron chi connectivity index (χ3n) is 3.29. The minimum absolute atomic E-state index is 0.295. The highest BCUT2D eigenvalue weighted by atomic mass is 32.1. The lowest BCUT2D eigenvalue weighted by atomic mass is 10.1. The molecular formula is C16H19N3O3S. The Labute approximate surface area is 139 Å². The average molecular weight is 333 g/mol. The molecule has 6 nitrogen and oxygen atoms in total. The Bertz CT molecular complexity index is 698. The van der Waals surface area contributed by atoms with E-state index in [1.54, 1.807) is 52.3 Å². The average Bonchev–Trinajstić information content (AvgIpc) is 2.93. The van der Waals surface area contributed by atoms with Gasteiger partial charge in [0.2, 0.25) is 6.10 Å². The van der Waals surface area contributed by atoms with Gasteiger partial charge in [0, 0.05) is 26.7 Å². The van der Waals surface area contributed by atoms with Crippen molar-refractivity contribution in [3.8, 4) is 0 Å². The summed E-state index contributed by atoms with van der Waals surface area (Å²) in [5.41, 5.74) is 1.57. The van der Waals surface area contributed by atoms with Gasteiger partial charge in [-0.3, -0.25) is 4.79 Å². The van der Waals surface area contributed by atoms with E-state index in [-0.39, 0.29) is 5.91 Å². The highest BCUT2D eigenvalue weighted by molar-refractivity contribution is 7.10. The summed E-state index contributed by atoms with van der Waals surface area (Å²) in [6, 6.07) is 8.97. The summed E-state index contributed by atoms with van der Waals surface area (Å²) in [6.07, 6.45) is -0.984. The molecule has 0 saturated heterocycles. The number of anilines is 1. The van der Waals surface area contributed by atoms with Crippen LogP contribution in [0.4, 0.5) is 5.00 Å². The van der Waals surface area contributed by atoms with Crippen molar-refractivity contribution >= 4 is 28.4 Å². The van der Waals surface area contributed by atoms with Crippen molar-refractivity contribution in [2.75, 3.05) is 26.5 Å². The molecular weight excluding hydrogens is 314 g/mol. The van der Waals surface area contributed by atoms with Gasteiger partial charge in [0.1, 0.15) is 10.6 Å². The van der Waals surface area contributed by atoms with Gasteiger partial charge < -0.3 is 15.0 Å². The number of likely N-dealkylation sites (N-methyl/N-ethyl adjacent to an activating group) is 1. The number of benzene rings is 1. The molecule has 1 aromatic carbocycles. The van der Waals surface area contributed by atoms with Gasteiger partial charge in [0.25, 0.3) is 5.91 Å². The van der Waals surface area contributed by atoms with Gasteiger partial charge in [-0.05, 0) is 18.5 Å². The molecule has 2 aromatic rings. The Kier molecular flexibility index (Phi) is 5.33. The predicted molar refractivity (Wildman–Crippen MR) is 89.7 cm³/mol. The highest BCUT2D eigenvalue weighted by Crippen LogP contribution is 2.28. The largest absolute Gasteiger partial charge is 0.444 e. The number of aromatic nitrogens is 1. The van der Waals surface area contributed by atoms with Gasteiger partial charge in [0.05, 0.1) is 5.69 Å². The number of amides is 1. The maximum atomic E-state index is 12.6. The number of aryl methyl sites for hydroxylation is 1. The summed E-state index contributed by atoms with van der Waals surface area (Å²) >= 11 is 1.18. The van der Waals surface area contributed by atoms with Gasteiger partial charge in [-0.25, -0.2) is 4.79 Å². The fourth-order valence-corrected chi connectivity index (χ4v) is 2.80. The van der Waals surface area contributed by atoms with Crippen molar-refractivity contribution in [1.82, 2.24) is 9.27 Å². The first kappa shape index (κ1) is 17.0. The lowest BCUT2D eigenvalue weighted by Gasteiger charge is -2.21. The molecule has 0 aliphatic heterocycles. The molecule has 0 spiro atoms. The van der Waals surface area contributed by atoms with Crippen LogP contribution in [0.5, 0.6) is 0 Å². The first-order valence-electron chi connectivity index (χ1n) is 7.06. The van der Waals surface area contributed by atoms with E-state index in [0.717, 1.165) is 0 Å². The Morgan fingerprint density at radius 3 is 2.48 bits per heavy atom. The first-order chi connectivity index (χ1) is 11.0. The monoisotopic (exact) mass is 333 g/mol. The predicted octanol–water partition coefficient (Wildman–Crippen LogP) is 2.48. The first-order valence-corrected chi connectivity index (χ1v) is 7.84. The van der Waals surface area contributed by atoms with E-state index in [1.165, 1.54) is 16.4 Å². The van der Waals surface area contributed by atoms with Crippen molar-refractivity contribution < 1.29 is 14.3 Å². The molecule has 0 radical (unpaired) electrons. The van der Waals surface area contributed by atoms with E-state index in [9.17, 15) is 9.59 Å². The SMILES string of the molecule is CNc1snc(C)c1C(=O)O[C@H](C(=O)N(C)C)c1ccccc1. The molecule has 122 valence electrons. The van der Waals surface area contributed by atoms with Crippen molar-refractivity contribution in [1.29, 1.82) is 0 Å². The van der Waals surface area contributed by atoms with Gasteiger partial charge in [-0.2, -0.15) is 4.37 Å². The molecule has 0 unspecified atom stereocenters. The zero-order valence-electron chi connectivity index (χ0n) is 13.5. The van der Waals surface area contributed by atoms with E-state index in [4.69, 9.17) is 4.74 Å². The zero-order valence-corrected chi connectivity index (χ0v) is 14.3. The summed E-state index contributed by atoms with van der Waals surface area (Å²) in [7, 11) is 4.97. The third-order valence-corrected chi connectivity index (χ3v) is 4.24. The Hall–Kier alpha value is -2.41. The summed E-state index contributed by atoms with van der Waals surface area (Å²) < 4.78 is 9.68. The van der Waals surface area contributed by atoms with Crippen molar-refractivity contribution in [2.24, 2.45) is 0 Å². The second kappa shape index (κ2) is 7.23. The molecule has 7 heteroatoms. The molecule has 1 aromatic heterocycles. The van der Waals surface area contributed by atoms with Gasteiger partial charge in [-0.1, -0.05) is 30.3 Å². The number of hydrogen-bond donors (Lipinski definition) is 1. The highest BCUT2D eigenvalue weighted by Gasteiger charge is 2.29. The van der Waals surface area contributed by atoms with Crippen LogP contribution in [0.25, 0.3) is 0 Å². The molecule has 0 aliphatic rings. The minimum atomic E-state index is -0.984. The van der Waals surface area contributed by atoms with Crippen LogP contribution in [0, 0.1) is 6.92 Å². The second-order valence-electron chi connectivity index (χ2n) is 5.15. The van der Waals surface area contributed by atoms with Gasteiger partial charge >= 0.3 is 5.97 Å². The molecule has 23 heavy (non-hydrogen) atoms. The molecule has 0 bridgehead atoms. The quantitative estimate of drug-likeness (QED) is 0.851. The van der Waals surface area contributed by atoms with Crippen LogP contribution in [-0.4, -0.2) is 42.3 Å². The Balaban J connectivity index is 2.33. The fourth-order valence-electron chi connectivity index (χ4n) is 2.07. The lowest BCUT2D eigenvalue weighted by Crippen LogP contribution is -2.31. The van der Waals surface area contributed by atoms with Gasteiger partial charge in [-0.15, -0.1) is 0 Å². The van der Waals surface area contributed by atoms with Crippen LogP contribution in [0.15, 0.2) is 30.3 Å². The summed E-state index contributed by atoms with van der Waals surface area (Å²) in [6.45, 7) is 1.74. The van der Waals surface area contributed by atoms with Crippen molar-refractivity contribution in [3.05, 3.63) is 47.2 Å². The molecule has 0 saturated carbocycles. The molecule has 1 amide bonds. The summed E-state index contributed by atoms with van der Waals surface area (Å²) in [5, 5.41) is 3.54. The third kappa shape index (κ3) is 3.68. The number of nitrogens with zero attached hydrogens (tertiary/aromatic N) is 2. The van der Waals surface area contributed by atoms with Crippen LogP contribution >= 0.6 is 11.5 Å². The molecule has 0 aliphatic carbocycles. The Morgan fingerprint density at radius 1 is 1.26 bits per heavy atom. The topological polar surface area (TPSA) is 71.5 Å². The van der Waals surface area contributed by atoms with Crippen molar-refractivity contribution in [2.45, 2.75) is 13.0 Å². The van der Waals surface area contributed by atoms with Crippen LogP contribution in [-0.2, 0) is 9.53 Å². The number of esters is 1. The molecule has 1 heterocycles. The standard InChI is InChI=1S/C16H19N3O3S/c1-10-12(14(17-2)23-18-10)16(21)22-13(15(20)19(3)4)11-8-6-5-7-9-11/h5-9,13,17H,1-4H3/t13-/m0/s1. The van der Waals surface area contributed by atoms with Crippen LogP contribution in [0.1, 0.15) is 27.7 Å². The van der Waals surface area contributed by atoms with E-state index in [1.807, 2.05) is 6.07 Å². The number of rotatable bonds is 5. The van der Waals surface area contributed by atoms with Crippen LogP contribution in [0.3, 0.4) is 0 Å². The van der Waals surface area contributed by atoms with Crippen LogP contribution < -0.4 is 5.32 Å². The molecule has 2 rings (SSSR count). The number of carbonyl (C=O) groups excluding carboxylic acids is 2. The summed E-state index contributed by atoms with van der Waals surface area (Å²) in [5.74, 6) is -0.860. The normalized spacial score (nSPS) is 11.7. The smallest absolute Gasteiger partial charge is 0.344 e. The Morgan fingerprint density at radius 2 is 1.91 bits per heavy atom. The second-order valence-corrected chi connectivity index (χ2v) is 5.92. The van der Waals surface area contributed by atoms with Gasteiger partial charge in [0.15, 0.2) is 0 Å². The fraction of sp³-hybridized carbons (Fsp3) is 0.312. The number of carbonyl (C=O) groups is 2. The minimum Gasteiger partial charge on any atom is -0.444 e. The maximum Gasteiger partial charge on any atom is 0.344 e. The lowest BCUT2D eigenvalue weighted by molar-refractivity contribution is -0.138. The number of ether oxygens (including phenoxy) is 1. The zero-order chi connectivity index (χ0) is 17.0. The van der Waals surface area contributed by atoms with E-state index in [0.29, 0.717) is 21.8 Å². The summed E-state index contributed by atoms with van der Waals surface area (Å²) in [4.78, 5) is 26.4. The van der Waals surface area contributed by atoms with Crippen LogP contribution in [0.2, 0.25) is 0 Å². The molecule has 0 fully saturated rings. The van der Waals surface area contributed by atoms with Crippen molar-refractivity contribution in [3.63, 3.8) is 0 Å². The maximum absolute atomic E-state index is 12.6. The van der Waals surface area contributed by atoms with E-state index in [2.05, 4.69) is 9.69 Å². The number of hydrogen-bond acceptors (Lipinski definition) is 6. The molecule has 1 atom stereocenters. The number of nitrogens with one attached hydrogen (secondary N) is 1. The molecule has 1 N–H and O–H groups in total. The van der Waals surface area contributed by atoms with E-state index >= 15 is 0 Å². The van der Waals surface area contributed by atoms with E-state index < -0.39 is 12.1 Å².